The van der Waals surface area contributed by atoms with Crippen LogP contribution >= 0.6 is 12.6 Å². The van der Waals surface area contributed by atoms with Crippen molar-refractivity contribution in [3.05, 3.63) is 0 Å². The molecule has 0 aromatic rings. The number of hydrogen-bond donors (Lipinski definition) is 1. The minimum absolute atomic E-state index is 1.03. The molecule has 0 heterocycles. The summed E-state index contributed by atoms with van der Waals surface area (Å²) in [5, 5.41) is 0. The molecule has 2 fully saturated rings. The highest BCUT2D eigenvalue weighted by Gasteiger charge is 2.06. The van der Waals surface area contributed by atoms with Gasteiger partial charge in [-0.15, -0.1) is 0 Å². The van der Waals surface area contributed by atoms with Crippen molar-refractivity contribution in [3.63, 3.8) is 0 Å². The third-order valence-corrected chi connectivity index (χ3v) is 4.04. The molecule has 2 aliphatic carbocycles. The quantitative estimate of drug-likeness (QED) is 0.338. The Morgan fingerprint density at radius 2 is 0.667 bits per heavy atom. The second-order valence-electron chi connectivity index (χ2n) is 5.84. The Kier molecular flexibility index (Phi) is 31.6. The second kappa shape index (κ2) is 25.3. The van der Waals surface area contributed by atoms with Gasteiger partial charge in [-0.2, -0.15) is 12.6 Å². The predicted molar refractivity (Wildman–Crippen MR) is 107 cm³/mol. The Labute approximate surface area is 143 Å². The fourth-order valence-electron chi connectivity index (χ4n) is 2.79. The molecule has 2 rings (SSSR count). The summed E-state index contributed by atoms with van der Waals surface area (Å²) >= 11 is 3.53. The van der Waals surface area contributed by atoms with Crippen LogP contribution in [-0.2, 0) is 0 Å². The topological polar surface area (TPSA) is 0 Å². The fourth-order valence-corrected chi connectivity index (χ4v) is 2.79. The smallest absolute Gasteiger partial charge is 0.0215 e. The number of hydrogen-bond acceptors (Lipinski definition) is 1. The van der Waals surface area contributed by atoms with E-state index >= 15 is 0 Å². The van der Waals surface area contributed by atoms with E-state index in [1.807, 2.05) is 27.7 Å². The molecule has 21 heavy (non-hydrogen) atoms. The maximum atomic E-state index is 3.53. The molecular weight excluding hydrogens is 272 g/mol. The summed E-state index contributed by atoms with van der Waals surface area (Å²) in [4.78, 5) is 0. The van der Waals surface area contributed by atoms with Gasteiger partial charge in [-0.05, 0) is 18.1 Å². The molecule has 0 bridgehead atoms. The van der Waals surface area contributed by atoms with Crippen molar-refractivity contribution in [2.75, 3.05) is 6.26 Å². The van der Waals surface area contributed by atoms with Crippen LogP contribution in [0.25, 0.3) is 0 Å². The van der Waals surface area contributed by atoms with E-state index in [1.165, 1.54) is 70.6 Å². The highest BCUT2D eigenvalue weighted by molar-refractivity contribution is 7.79. The lowest BCUT2D eigenvalue weighted by molar-refractivity contribution is 0.385. The highest BCUT2D eigenvalue weighted by atomic mass is 32.1. The molecule has 2 saturated carbocycles. The molecule has 132 valence electrons. The van der Waals surface area contributed by atoms with Gasteiger partial charge >= 0.3 is 0 Å². The van der Waals surface area contributed by atoms with E-state index < -0.39 is 0 Å². The van der Waals surface area contributed by atoms with Crippen molar-refractivity contribution in [2.45, 2.75) is 112 Å². The zero-order valence-corrected chi connectivity index (χ0v) is 17.3. The summed E-state index contributed by atoms with van der Waals surface area (Å²) in [6, 6.07) is 0. The van der Waals surface area contributed by atoms with Crippen LogP contribution in [0.4, 0.5) is 0 Å². The Hall–Kier alpha value is 0.350. The van der Waals surface area contributed by atoms with Crippen molar-refractivity contribution in [1.29, 1.82) is 0 Å². The molecule has 0 N–H and O–H groups in total. The van der Waals surface area contributed by atoms with Gasteiger partial charge in [0.1, 0.15) is 0 Å². The molecule has 0 unspecified atom stereocenters. The first-order valence-corrected chi connectivity index (χ1v) is 10.6. The average Bonchev–Trinajstić information content (AvgIpc) is 2.82. The van der Waals surface area contributed by atoms with Crippen LogP contribution in [0, 0.1) is 11.8 Å². The zero-order chi connectivity index (χ0) is 16.9. The van der Waals surface area contributed by atoms with Gasteiger partial charge in [0.2, 0.25) is 0 Å². The molecule has 0 aromatic heterocycles. The van der Waals surface area contributed by atoms with E-state index in [4.69, 9.17) is 0 Å². The van der Waals surface area contributed by atoms with Crippen LogP contribution in [0.3, 0.4) is 0 Å². The SMILES string of the molecule is CC.CC.CC1CCCCC1.CC1CCCCCC1.CS. The van der Waals surface area contributed by atoms with Crippen molar-refractivity contribution >= 4 is 12.6 Å². The Morgan fingerprint density at radius 1 is 0.476 bits per heavy atom. The summed E-state index contributed by atoms with van der Waals surface area (Å²) in [5.41, 5.74) is 0. The summed E-state index contributed by atoms with van der Waals surface area (Å²) < 4.78 is 0. The van der Waals surface area contributed by atoms with Gasteiger partial charge in [-0.25, -0.2) is 0 Å². The summed E-state index contributed by atoms with van der Waals surface area (Å²) in [5.74, 6) is 2.06. The maximum absolute atomic E-state index is 3.53. The third kappa shape index (κ3) is 22.8. The van der Waals surface area contributed by atoms with Crippen LogP contribution in [0.2, 0.25) is 0 Å². The highest BCUT2D eigenvalue weighted by Crippen LogP contribution is 2.22. The van der Waals surface area contributed by atoms with Crippen LogP contribution < -0.4 is 0 Å². The monoisotopic (exact) mass is 318 g/mol. The van der Waals surface area contributed by atoms with Gasteiger partial charge in [0, 0.05) is 0 Å². The van der Waals surface area contributed by atoms with Gasteiger partial charge < -0.3 is 0 Å². The summed E-state index contributed by atoms with van der Waals surface area (Å²) in [6.07, 6.45) is 18.1. The van der Waals surface area contributed by atoms with Gasteiger partial charge in [0.25, 0.3) is 0 Å². The summed E-state index contributed by atoms with van der Waals surface area (Å²) in [7, 11) is 0. The van der Waals surface area contributed by atoms with E-state index in [0.717, 1.165) is 11.8 Å². The van der Waals surface area contributed by atoms with E-state index in [1.54, 1.807) is 6.26 Å². The first kappa shape index (κ1) is 26.3. The van der Waals surface area contributed by atoms with E-state index in [-0.39, 0.29) is 0 Å². The van der Waals surface area contributed by atoms with Gasteiger partial charge in [-0.3, -0.25) is 0 Å². The van der Waals surface area contributed by atoms with Gasteiger partial charge in [0.15, 0.2) is 0 Å². The molecule has 0 saturated heterocycles. The van der Waals surface area contributed by atoms with Crippen molar-refractivity contribution in [3.8, 4) is 0 Å². The zero-order valence-electron chi connectivity index (χ0n) is 16.4. The minimum Gasteiger partial charge on any atom is -0.183 e. The van der Waals surface area contributed by atoms with Crippen LogP contribution in [0.5, 0.6) is 0 Å². The van der Waals surface area contributed by atoms with E-state index in [0.29, 0.717) is 0 Å². The minimum atomic E-state index is 1.03. The summed E-state index contributed by atoms with van der Waals surface area (Å²) in [6.45, 7) is 12.7. The predicted octanol–water partition coefficient (Wildman–Crippen LogP) is 8.16. The van der Waals surface area contributed by atoms with E-state index in [9.17, 15) is 0 Å². The van der Waals surface area contributed by atoms with Gasteiger partial charge in [0.05, 0.1) is 0 Å². The van der Waals surface area contributed by atoms with Gasteiger partial charge in [-0.1, -0.05) is 112 Å². The Balaban J connectivity index is -0.000000229. The lowest BCUT2D eigenvalue weighted by Gasteiger charge is -2.15. The first-order chi connectivity index (χ1) is 10.3. The van der Waals surface area contributed by atoms with Crippen molar-refractivity contribution in [1.82, 2.24) is 0 Å². The molecule has 0 aromatic carbocycles. The standard InChI is InChI=1S/C8H16.C7H14.2C2H6.CH4S/c1-8-6-4-2-3-5-7-8;1-7-5-3-2-4-6-7;3*1-2/h8H,2-7H2,1H3;7H,2-6H2,1H3;2*1-2H3;2H,1H3. The average molecular weight is 319 g/mol. The van der Waals surface area contributed by atoms with Crippen molar-refractivity contribution < 1.29 is 0 Å². The lowest BCUT2D eigenvalue weighted by Crippen LogP contribution is -1.99. The molecule has 0 atom stereocenters. The third-order valence-electron chi connectivity index (χ3n) is 4.04. The van der Waals surface area contributed by atoms with Crippen molar-refractivity contribution in [2.24, 2.45) is 11.8 Å². The molecule has 0 radical (unpaired) electrons. The van der Waals surface area contributed by atoms with E-state index in [2.05, 4.69) is 26.5 Å². The molecule has 2 aliphatic rings. The molecular formula is C20H46S. The number of rotatable bonds is 0. The molecule has 0 aliphatic heterocycles. The fraction of sp³-hybridized carbons (Fsp3) is 1.00. The van der Waals surface area contributed by atoms with Crippen LogP contribution in [0.1, 0.15) is 112 Å². The molecule has 0 spiro atoms. The van der Waals surface area contributed by atoms with Crippen LogP contribution in [-0.4, -0.2) is 6.26 Å². The largest absolute Gasteiger partial charge is 0.183 e. The Bertz CT molecular complexity index is 131. The maximum Gasteiger partial charge on any atom is -0.0215 e. The molecule has 0 nitrogen and oxygen atoms in total. The molecule has 1 heteroatoms. The second-order valence-corrected chi connectivity index (χ2v) is 5.84. The number of thiol groups is 1. The molecule has 0 amide bonds. The normalized spacial score (nSPS) is 18.9. The first-order valence-electron chi connectivity index (χ1n) is 9.73. The lowest BCUT2D eigenvalue weighted by atomic mass is 9.91. The van der Waals surface area contributed by atoms with Crippen LogP contribution in [0.15, 0.2) is 0 Å². The Morgan fingerprint density at radius 3 is 0.905 bits per heavy atom.